The van der Waals surface area contributed by atoms with Crippen LogP contribution in [0.5, 0.6) is 0 Å². The highest BCUT2D eigenvalue weighted by Gasteiger charge is 2.31. The van der Waals surface area contributed by atoms with Gasteiger partial charge < -0.3 is 5.32 Å². The first-order valence-corrected chi connectivity index (χ1v) is 7.32. The number of rotatable bonds is 3. The van der Waals surface area contributed by atoms with Gasteiger partial charge in [-0.25, -0.2) is 0 Å². The monoisotopic (exact) mass is 296 g/mol. The van der Waals surface area contributed by atoms with Crippen molar-refractivity contribution in [3.8, 4) is 6.07 Å². The lowest BCUT2D eigenvalue weighted by Gasteiger charge is -2.29. The van der Waals surface area contributed by atoms with Crippen LogP contribution in [0.15, 0.2) is 18.2 Å². The number of nitriles is 1. The average Bonchev–Trinajstić information content (AvgIpc) is 2.47. The minimum Gasteiger partial charge on any atom is -0.381 e. The van der Waals surface area contributed by atoms with Crippen molar-refractivity contribution in [1.82, 2.24) is 0 Å². The number of nitrogens with one attached hydrogen (secondary N) is 1. The van der Waals surface area contributed by atoms with Crippen LogP contribution < -0.4 is 5.32 Å². The maximum atomic E-state index is 12.6. The zero-order valence-corrected chi connectivity index (χ0v) is 12.0. The normalized spacial score (nSPS) is 22.6. The van der Waals surface area contributed by atoms with Crippen molar-refractivity contribution in [1.29, 1.82) is 5.26 Å². The Kier molecular flexibility index (Phi) is 4.76. The van der Waals surface area contributed by atoms with Gasteiger partial charge in [-0.3, -0.25) is 0 Å². The highest BCUT2D eigenvalue weighted by atomic mass is 19.4. The second-order valence-corrected chi connectivity index (χ2v) is 5.64. The Balaban J connectivity index is 2.09. The summed E-state index contributed by atoms with van der Waals surface area (Å²) in [6.45, 7) is 2.18. The Morgan fingerprint density at radius 3 is 2.43 bits per heavy atom. The number of hydrogen-bond acceptors (Lipinski definition) is 2. The molecule has 1 aliphatic rings. The van der Waals surface area contributed by atoms with Crippen LogP contribution in [0.25, 0.3) is 0 Å². The van der Waals surface area contributed by atoms with E-state index in [4.69, 9.17) is 5.26 Å². The molecule has 1 aliphatic carbocycles. The summed E-state index contributed by atoms with van der Waals surface area (Å²) in [7, 11) is 0. The zero-order chi connectivity index (χ0) is 15.5. The highest BCUT2D eigenvalue weighted by molar-refractivity contribution is 5.59. The molecular weight excluding hydrogens is 277 g/mol. The lowest BCUT2D eigenvalue weighted by atomic mass is 9.84. The summed E-state index contributed by atoms with van der Waals surface area (Å²) in [5, 5.41) is 12.3. The molecule has 0 saturated heterocycles. The largest absolute Gasteiger partial charge is 0.416 e. The van der Waals surface area contributed by atoms with Gasteiger partial charge in [-0.2, -0.15) is 18.4 Å². The quantitative estimate of drug-likeness (QED) is 0.856. The van der Waals surface area contributed by atoms with E-state index in [0.29, 0.717) is 5.69 Å². The minimum absolute atomic E-state index is 0.0578. The number of hydrogen-bond donors (Lipinski definition) is 1. The summed E-state index contributed by atoms with van der Waals surface area (Å²) in [5.41, 5.74) is -0.216. The van der Waals surface area contributed by atoms with Gasteiger partial charge in [0.2, 0.25) is 0 Å². The fraction of sp³-hybridized carbons (Fsp3) is 0.562. The Hall–Kier alpha value is -1.70. The predicted molar refractivity (Wildman–Crippen MR) is 75.8 cm³/mol. The molecule has 114 valence electrons. The maximum Gasteiger partial charge on any atom is 0.416 e. The SMILES string of the molecule is CCC1CCC(Nc2ccc(C(F)(F)F)cc2C#N)CC1. The summed E-state index contributed by atoms with van der Waals surface area (Å²) in [5.74, 6) is 0.756. The third-order valence-electron chi connectivity index (χ3n) is 4.25. The second kappa shape index (κ2) is 6.38. The van der Waals surface area contributed by atoms with Gasteiger partial charge in [-0.1, -0.05) is 13.3 Å². The third-order valence-corrected chi connectivity index (χ3v) is 4.25. The number of alkyl halides is 3. The molecule has 0 aromatic heterocycles. The molecule has 1 saturated carbocycles. The molecule has 0 aliphatic heterocycles. The van der Waals surface area contributed by atoms with Crippen LogP contribution in [0.4, 0.5) is 18.9 Å². The Morgan fingerprint density at radius 2 is 1.90 bits per heavy atom. The van der Waals surface area contributed by atoms with Crippen molar-refractivity contribution in [2.24, 2.45) is 5.92 Å². The second-order valence-electron chi connectivity index (χ2n) is 5.64. The number of benzene rings is 1. The number of nitrogens with zero attached hydrogens (tertiary/aromatic N) is 1. The molecule has 5 heteroatoms. The van der Waals surface area contributed by atoms with E-state index < -0.39 is 11.7 Å². The first kappa shape index (κ1) is 15.7. The van der Waals surface area contributed by atoms with Crippen LogP contribution in [0.3, 0.4) is 0 Å². The lowest BCUT2D eigenvalue weighted by molar-refractivity contribution is -0.137. The number of anilines is 1. The molecule has 1 fully saturated rings. The minimum atomic E-state index is -4.41. The van der Waals surface area contributed by atoms with Crippen molar-refractivity contribution in [3.63, 3.8) is 0 Å². The first-order valence-electron chi connectivity index (χ1n) is 7.32. The molecule has 1 N–H and O–H groups in total. The van der Waals surface area contributed by atoms with Crippen LogP contribution in [-0.4, -0.2) is 6.04 Å². The van der Waals surface area contributed by atoms with Crippen molar-refractivity contribution >= 4 is 5.69 Å². The van der Waals surface area contributed by atoms with Gasteiger partial charge >= 0.3 is 6.18 Å². The molecule has 21 heavy (non-hydrogen) atoms. The zero-order valence-electron chi connectivity index (χ0n) is 12.0. The summed E-state index contributed by atoms with van der Waals surface area (Å²) >= 11 is 0. The van der Waals surface area contributed by atoms with E-state index in [9.17, 15) is 13.2 Å². The van der Waals surface area contributed by atoms with Crippen LogP contribution in [0.1, 0.15) is 50.2 Å². The average molecular weight is 296 g/mol. The standard InChI is InChI=1S/C16H19F3N2/c1-2-11-3-6-14(7-4-11)21-15-8-5-13(16(17,18)19)9-12(15)10-20/h5,8-9,11,14,21H,2-4,6-7H2,1H3. The van der Waals surface area contributed by atoms with Gasteiger partial charge in [-0.15, -0.1) is 0 Å². The molecule has 0 amide bonds. The molecular formula is C16H19F3N2. The molecule has 2 nitrogen and oxygen atoms in total. The molecule has 0 atom stereocenters. The van der Waals surface area contributed by atoms with E-state index in [1.807, 2.05) is 6.07 Å². The van der Waals surface area contributed by atoms with Crippen LogP contribution in [0, 0.1) is 17.2 Å². The number of halogens is 3. The molecule has 2 rings (SSSR count). The Labute approximate surface area is 123 Å². The van der Waals surface area contributed by atoms with Crippen molar-refractivity contribution in [2.45, 2.75) is 51.2 Å². The van der Waals surface area contributed by atoms with Gasteiger partial charge in [0.15, 0.2) is 0 Å². The van der Waals surface area contributed by atoms with Crippen molar-refractivity contribution in [3.05, 3.63) is 29.3 Å². The fourth-order valence-electron chi connectivity index (χ4n) is 2.87. The maximum absolute atomic E-state index is 12.6. The lowest BCUT2D eigenvalue weighted by Crippen LogP contribution is -2.26. The van der Waals surface area contributed by atoms with E-state index in [1.54, 1.807) is 0 Å². The Bertz CT molecular complexity index is 523. The Morgan fingerprint density at radius 1 is 1.24 bits per heavy atom. The molecule has 1 aromatic rings. The van der Waals surface area contributed by atoms with Crippen molar-refractivity contribution in [2.75, 3.05) is 5.32 Å². The summed E-state index contributed by atoms with van der Waals surface area (Å²) < 4.78 is 37.9. The van der Waals surface area contributed by atoms with Gasteiger partial charge in [-0.05, 0) is 49.8 Å². The molecule has 0 spiro atoms. The molecule has 1 aromatic carbocycles. The summed E-state index contributed by atoms with van der Waals surface area (Å²) in [6.07, 6.45) is 1.04. The fourth-order valence-corrected chi connectivity index (χ4v) is 2.87. The highest BCUT2D eigenvalue weighted by Crippen LogP contribution is 2.33. The smallest absolute Gasteiger partial charge is 0.381 e. The molecule has 0 bridgehead atoms. The van der Waals surface area contributed by atoms with Crippen LogP contribution in [-0.2, 0) is 6.18 Å². The van der Waals surface area contributed by atoms with Crippen LogP contribution >= 0.6 is 0 Å². The van der Waals surface area contributed by atoms with Gasteiger partial charge in [0.25, 0.3) is 0 Å². The summed E-state index contributed by atoms with van der Waals surface area (Å²) in [4.78, 5) is 0. The van der Waals surface area contributed by atoms with E-state index >= 15 is 0 Å². The molecule has 0 radical (unpaired) electrons. The van der Waals surface area contributed by atoms with E-state index in [2.05, 4.69) is 12.2 Å². The van der Waals surface area contributed by atoms with E-state index in [0.717, 1.165) is 43.7 Å². The van der Waals surface area contributed by atoms with Gasteiger partial charge in [0.1, 0.15) is 6.07 Å². The van der Waals surface area contributed by atoms with Crippen molar-refractivity contribution < 1.29 is 13.2 Å². The summed E-state index contributed by atoms with van der Waals surface area (Å²) in [6, 6.07) is 5.42. The third kappa shape index (κ3) is 3.90. The molecule has 0 unspecified atom stereocenters. The van der Waals surface area contributed by atoms with Gasteiger partial charge in [0.05, 0.1) is 16.8 Å². The topological polar surface area (TPSA) is 35.8 Å². The first-order chi connectivity index (χ1) is 9.94. The van der Waals surface area contributed by atoms with E-state index in [1.165, 1.54) is 12.5 Å². The van der Waals surface area contributed by atoms with E-state index in [-0.39, 0.29) is 11.6 Å². The van der Waals surface area contributed by atoms with Gasteiger partial charge in [0, 0.05) is 6.04 Å². The molecule has 0 heterocycles. The van der Waals surface area contributed by atoms with Crippen LogP contribution in [0.2, 0.25) is 0 Å². The predicted octanol–water partition coefficient (Wildman–Crippen LogP) is 4.96.